The number of carboxylic acids is 1. The van der Waals surface area contributed by atoms with Crippen LogP contribution in [0.4, 0.5) is 5.69 Å². The monoisotopic (exact) mass is 1590 g/mol. The molecule has 6 N–H and O–H groups in total. The van der Waals surface area contributed by atoms with Crippen molar-refractivity contribution >= 4 is 58.9 Å². The van der Waals surface area contributed by atoms with Crippen molar-refractivity contribution in [3.8, 4) is 0 Å². The molecular formula is C85H144N14O14. The molecule has 2 aromatic carbocycles. The first-order chi connectivity index (χ1) is 53.3. The summed E-state index contributed by atoms with van der Waals surface area (Å²) in [6, 6.07) is 10.0. The molecule has 2 aromatic rings. The van der Waals surface area contributed by atoms with Gasteiger partial charge in [0.05, 0.1) is 85.3 Å². The van der Waals surface area contributed by atoms with Crippen LogP contribution in [0.3, 0.4) is 0 Å². The summed E-state index contributed by atoms with van der Waals surface area (Å²) in [5, 5.41) is 29.4. The Balaban J connectivity index is 1.45. The lowest BCUT2D eigenvalue weighted by molar-refractivity contribution is -0.148. The molecule has 638 valence electrons. The van der Waals surface area contributed by atoms with Crippen LogP contribution in [-0.2, 0) is 74.9 Å². The van der Waals surface area contributed by atoms with E-state index in [9.17, 15) is 44.2 Å². The molecule has 8 amide bonds. The number of nitrogens with one attached hydrogen (secondary N) is 5. The quantitative estimate of drug-likeness (QED) is 0.0204. The molecule has 2 aliphatic heterocycles. The van der Waals surface area contributed by atoms with Crippen LogP contribution < -0.4 is 26.6 Å². The van der Waals surface area contributed by atoms with Crippen molar-refractivity contribution in [2.45, 2.75) is 285 Å². The molecule has 2 unspecified atom stereocenters. The van der Waals surface area contributed by atoms with Crippen LogP contribution in [0.2, 0.25) is 0 Å². The minimum absolute atomic E-state index is 0.0395. The van der Waals surface area contributed by atoms with Gasteiger partial charge in [0.1, 0.15) is 18.1 Å². The van der Waals surface area contributed by atoms with Crippen molar-refractivity contribution < 1.29 is 67.2 Å². The average molecular weight is 1590 g/mol. The van der Waals surface area contributed by atoms with Crippen molar-refractivity contribution in [1.29, 1.82) is 0 Å². The van der Waals surface area contributed by atoms with E-state index in [1.165, 1.54) is 14.2 Å². The Bertz CT molecular complexity index is 3360. The van der Waals surface area contributed by atoms with Gasteiger partial charge >= 0.3 is 5.97 Å². The molecule has 0 radical (unpaired) electrons. The second kappa shape index (κ2) is 47.5. The summed E-state index contributed by atoms with van der Waals surface area (Å²) in [5.41, 5.74) is 11.9. The summed E-state index contributed by atoms with van der Waals surface area (Å²) < 4.78 is 24.4. The number of benzene rings is 2. The van der Waals surface area contributed by atoms with E-state index in [4.69, 9.17) is 18.9 Å². The van der Waals surface area contributed by atoms with Gasteiger partial charge in [0.25, 0.3) is 0 Å². The van der Waals surface area contributed by atoms with Crippen LogP contribution in [0.1, 0.15) is 186 Å². The highest BCUT2D eigenvalue weighted by molar-refractivity contribution is 5.92. The Kier molecular flexibility index (Phi) is 41.2. The molecule has 2 heterocycles. The highest BCUT2D eigenvalue weighted by Gasteiger charge is 2.47. The number of anilines is 1. The van der Waals surface area contributed by atoms with Crippen molar-refractivity contribution in [3.05, 3.63) is 76.2 Å². The van der Waals surface area contributed by atoms with Crippen LogP contribution >= 0.6 is 0 Å². The molecule has 113 heavy (non-hydrogen) atoms. The fourth-order valence-electron chi connectivity index (χ4n) is 17.0. The highest BCUT2D eigenvalue weighted by Crippen LogP contribution is 2.34. The number of nitrogens with zero attached hydrogens (tertiary/aromatic N) is 9. The summed E-state index contributed by atoms with van der Waals surface area (Å²) in [6.45, 7) is 32.1. The van der Waals surface area contributed by atoms with Gasteiger partial charge in [0.15, 0.2) is 0 Å². The lowest BCUT2D eigenvalue weighted by atomic mass is 9.89. The Morgan fingerprint density at radius 2 is 0.991 bits per heavy atom. The molecule has 0 aromatic heterocycles. The van der Waals surface area contributed by atoms with Crippen molar-refractivity contribution in [3.63, 3.8) is 0 Å². The zero-order chi connectivity index (χ0) is 85.0. The largest absolute Gasteiger partial charge is 0.480 e. The first-order valence-corrected chi connectivity index (χ1v) is 41.3. The molecule has 2 aliphatic rings. The maximum absolute atomic E-state index is 15.1. The standard InChI is InChI=1S/C85H144N14O14/c1-26-54(11)74(67(110-22)48-70(101)99-44-32-36-66(99)78(113-25)59(16)80(103)90-64(85(108)109)46-60-33-29-28-30-34-60)96(20)83(106)71(50(3)4)91-81(104)73(52(7)8)95(19)57(14)38-37-56(13)76(94(17)18)82(105)92-72(51(5)6)84(107)97(21)75(55(12)27-2)68(111-23)47-69(100)98-43-31-35-65(98)77(112-24)58(15)79(102)89-63(49-87-93-86)45-61-39-41-62(42-40-61)88-53(9)10/h28-30,33-34,39-42,50-59,63-68,71-78,88H,26-27,31-32,35-38,43-49H2,1-25H3,(H,89,102)(H,90,103)(H,91,104)(H,92,105)(H,108,109)/t54-,55-,56?,57?,58+,59+,63-,64-,65-,66-,67+,68+,71-,72-,73-,74-,75-,76-,77+,78+/m0/s1. The van der Waals surface area contributed by atoms with Crippen molar-refractivity contribution in [2.75, 3.05) is 88.6 Å². The van der Waals surface area contributed by atoms with Gasteiger partial charge in [-0.2, -0.15) is 0 Å². The Morgan fingerprint density at radius 1 is 0.549 bits per heavy atom. The van der Waals surface area contributed by atoms with Crippen LogP contribution in [-0.4, -0.2) is 268 Å². The second-order valence-electron chi connectivity index (χ2n) is 33.7. The van der Waals surface area contributed by atoms with Gasteiger partial charge in [-0.1, -0.05) is 150 Å². The number of azide groups is 1. The summed E-state index contributed by atoms with van der Waals surface area (Å²) in [5.74, 6) is -6.64. The molecule has 28 nitrogen and oxygen atoms in total. The predicted molar refractivity (Wildman–Crippen MR) is 442 cm³/mol. The normalized spacial score (nSPS) is 19.4. The third-order valence-electron chi connectivity index (χ3n) is 23.9. The second-order valence-corrected chi connectivity index (χ2v) is 33.7. The number of carbonyl (C=O) groups excluding carboxylic acids is 8. The van der Waals surface area contributed by atoms with E-state index in [2.05, 4.69) is 50.5 Å². The third-order valence-corrected chi connectivity index (χ3v) is 23.9. The van der Waals surface area contributed by atoms with Crippen molar-refractivity contribution in [2.24, 2.45) is 52.5 Å². The van der Waals surface area contributed by atoms with E-state index in [-0.39, 0.29) is 115 Å². The fourth-order valence-corrected chi connectivity index (χ4v) is 17.0. The number of carbonyl (C=O) groups is 9. The number of rotatable bonds is 49. The number of amides is 8. The van der Waals surface area contributed by atoms with E-state index in [0.29, 0.717) is 70.9 Å². The Morgan fingerprint density at radius 3 is 1.38 bits per heavy atom. The Hall–Kier alpha value is -7.46. The fraction of sp³-hybridized carbons (Fsp3) is 0.753. The summed E-state index contributed by atoms with van der Waals surface area (Å²) in [6.07, 6.45) is 2.35. The SMILES string of the molecule is CC[C@H](C)[C@@H]([C@@H](CC(=O)N1CCC[C@H]1[C@H](OC)[C@@H](C)C(=O)N[C@H](CN=[N+]=[N-])Cc1ccc(NC(C)C)cc1)OC)N(C)C(=O)[C@@H](NC(=O)[C@H](C(C)CCC(C)N(C)[C@H](C(=O)N[C@H](C(=O)N(C)[C@@H]([C@@H](C)CC)[C@@H](CC(=O)N1CCC[C@H]1[C@H](OC)[C@@H](C)C(=O)N[C@@H](Cc1ccccc1)C(=O)O)OC)C(C)C)C(C)C)N(C)C)C(C)C. The smallest absolute Gasteiger partial charge is 0.326 e. The lowest BCUT2D eigenvalue weighted by Crippen LogP contribution is -2.60. The van der Waals surface area contributed by atoms with Crippen LogP contribution in [0, 0.1) is 47.3 Å². The number of likely N-dealkylation sites (tertiary alicyclic amines) is 2. The van der Waals surface area contributed by atoms with Gasteiger partial charge < -0.3 is 70.2 Å². The number of aliphatic carboxylic acids is 1. The first-order valence-electron chi connectivity index (χ1n) is 41.3. The van der Waals surface area contributed by atoms with Gasteiger partial charge in [-0.25, -0.2) is 4.79 Å². The zero-order valence-corrected chi connectivity index (χ0v) is 72.9. The number of ether oxygens (including phenoxy) is 4. The molecule has 0 bridgehead atoms. The first kappa shape index (κ1) is 97.9. The van der Waals surface area contributed by atoms with E-state index in [1.807, 2.05) is 156 Å². The maximum Gasteiger partial charge on any atom is 0.326 e. The summed E-state index contributed by atoms with van der Waals surface area (Å²) >= 11 is 0. The van der Waals surface area contributed by atoms with Gasteiger partial charge in [0.2, 0.25) is 47.3 Å². The van der Waals surface area contributed by atoms with Crippen LogP contribution in [0.5, 0.6) is 0 Å². The average Bonchev–Trinajstić information content (AvgIpc) is 1.74. The minimum Gasteiger partial charge on any atom is -0.480 e. The molecule has 28 heteroatoms. The van der Waals surface area contributed by atoms with E-state index in [0.717, 1.165) is 16.8 Å². The molecule has 0 spiro atoms. The molecule has 0 aliphatic carbocycles. The summed E-state index contributed by atoms with van der Waals surface area (Å²) in [7, 11) is 15.1. The predicted octanol–water partition coefficient (Wildman–Crippen LogP) is 9.47. The van der Waals surface area contributed by atoms with Gasteiger partial charge in [-0.3, -0.25) is 48.2 Å². The molecule has 4 rings (SSSR count). The zero-order valence-electron chi connectivity index (χ0n) is 72.9. The minimum atomic E-state index is -1.18. The molecule has 2 fully saturated rings. The molecule has 2 saturated heterocycles. The van der Waals surface area contributed by atoms with E-state index < -0.39 is 109 Å². The number of carboxylic acid groups (broad SMARTS) is 1. The molecule has 0 saturated carbocycles. The highest BCUT2D eigenvalue weighted by atomic mass is 16.5. The molecular weight excluding hydrogens is 1440 g/mol. The number of hydrogen-bond donors (Lipinski definition) is 6. The number of methoxy groups -OCH3 is 4. The third kappa shape index (κ3) is 27.6. The Labute approximate surface area is 675 Å². The number of hydrogen-bond acceptors (Lipinski definition) is 17. The van der Waals surface area contributed by atoms with E-state index >= 15 is 9.59 Å². The van der Waals surface area contributed by atoms with Gasteiger partial charge in [0, 0.05) is 97.3 Å². The topological polar surface area (TPSA) is 339 Å². The van der Waals surface area contributed by atoms with Gasteiger partial charge in [-0.15, -0.1) is 0 Å². The van der Waals surface area contributed by atoms with Crippen LogP contribution in [0.15, 0.2) is 59.7 Å². The maximum atomic E-state index is 15.1. The van der Waals surface area contributed by atoms with E-state index in [1.54, 1.807) is 73.9 Å². The van der Waals surface area contributed by atoms with Crippen LogP contribution in [0.25, 0.3) is 10.4 Å². The van der Waals surface area contributed by atoms with Crippen molar-refractivity contribution in [1.82, 2.24) is 50.7 Å². The summed E-state index contributed by atoms with van der Waals surface area (Å²) in [4.78, 5) is 143. The number of likely N-dealkylation sites (N-methyl/N-ethyl adjacent to an activating group) is 4. The molecule has 20 atom stereocenters. The van der Waals surface area contributed by atoms with Gasteiger partial charge in [-0.05, 0) is 151 Å². The lowest BCUT2D eigenvalue weighted by Gasteiger charge is -2.41.